The summed E-state index contributed by atoms with van der Waals surface area (Å²) < 4.78 is 1.47. The molecule has 0 bridgehead atoms. The summed E-state index contributed by atoms with van der Waals surface area (Å²) in [6.07, 6.45) is 1.82. The molecule has 0 aliphatic rings. The van der Waals surface area contributed by atoms with Gasteiger partial charge in [-0.1, -0.05) is 41.9 Å². The minimum Gasteiger partial charge on any atom is -0.494 e. The van der Waals surface area contributed by atoms with Gasteiger partial charge in [0, 0.05) is 23.2 Å². The van der Waals surface area contributed by atoms with E-state index in [2.05, 4.69) is 4.98 Å². The van der Waals surface area contributed by atoms with Crippen molar-refractivity contribution in [2.75, 3.05) is 0 Å². The maximum atomic E-state index is 10.6. The second-order valence-electron chi connectivity index (χ2n) is 5.71. The van der Waals surface area contributed by atoms with E-state index in [0.717, 1.165) is 22.0 Å². The lowest BCUT2D eigenvalue weighted by Crippen LogP contribution is -1.98. The molecule has 0 aliphatic carbocycles. The van der Waals surface area contributed by atoms with Gasteiger partial charge in [-0.05, 0) is 29.3 Å². The van der Waals surface area contributed by atoms with Crippen molar-refractivity contribution in [3.05, 3.63) is 71.4 Å². The lowest BCUT2D eigenvalue weighted by Gasteiger charge is -2.08. The van der Waals surface area contributed by atoms with Crippen LogP contribution in [0.1, 0.15) is 5.56 Å². The minimum atomic E-state index is 0.0108. The minimum absolute atomic E-state index is 0.0108. The standard InChI is InChI=1S/C19H15ClN2O2/c20-16-9-14(8-13-6-7-21-18(13)16)15-10-17(23)22(19(15)24)11-12-4-2-1-3-5-12/h1-10,21,23-24H,11H2. The summed E-state index contributed by atoms with van der Waals surface area (Å²) in [5.74, 6) is 0.0268. The Morgan fingerprint density at radius 1 is 1.00 bits per heavy atom. The maximum absolute atomic E-state index is 10.6. The zero-order valence-corrected chi connectivity index (χ0v) is 13.5. The zero-order valence-electron chi connectivity index (χ0n) is 12.7. The molecule has 0 fully saturated rings. The van der Waals surface area contributed by atoms with E-state index >= 15 is 0 Å². The third-order valence-corrected chi connectivity index (χ3v) is 4.45. The van der Waals surface area contributed by atoms with Crippen LogP contribution in [0.5, 0.6) is 11.8 Å². The van der Waals surface area contributed by atoms with Crippen molar-refractivity contribution in [2.45, 2.75) is 6.54 Å². The monoisotopic (exact) mass is 338 g/mol. The van der Waals surface area contributed by atoms with Gasteiger partial charge in [0.15, 0.2) is 5.88 Å². The van der Waals surface area contributed by atoms with Gasteiger partial charge in [-0.25, -0.2) is 0 Å². The molecule has 4 rings (SSSR count). The fourth-order valence-corrected chi connectivity index (χ4v) is 3.22. The van der Waals surface area contributed by atoms with Crippen molar-refractivity contribution >= 4 is 22.5 Å². The van der Waals surface area contributed by atoms with Crippen molar-refractivity contribution in [1.82, 2.24) is 9.55 Å². The van der Waals surface area contributed by atoms with E-state index in [9.17, 15) is 10.2 Å². The average molecular weight is 339 g/mol. The molecule has 0 atom stereocenters. The SMILES string of the molecule is Oc1cc(-c2cc(Cl)c3[nH]ccc3c2)c(O)n1Cc1ccccc1. The van der Waals surface area contributed by atoms with E-state index in [1.807, 2.05) is 48.7 Å². The Hall–Kier alpha value is -2.85. The molecule has 0 radical (unpaired) electrons. The molecule has 0 aliphatic heterocycles. The molecule has 0 spiro atoms. The molecule has 2 aromatic heterocycles. The third kappa shape index (κ3) is 2.41. The quantitative estimate of drug-likeness (QED) is 0.505. The normalized spacial score (nSPS) is 11.2. The molecule has 2 aromatic carbocycles. The summed E-state index contributed by atoms with van der Waals surface area (Å²) in [5, 5.41) is 22.4. The van der Waals surface area contributed by atoms with Crippen molar-refractivity contribution in [3.8, 4) is 22.9 Å². The van der Waals surface area contributed by atoms with Gasteiger partial charge in [0.25, 0.3) is 0 Å². The molecule has 0 saturated heterocycles. The molecule has 4 nitrogen and oxygen atoms in total. The van der Waals surface area contributed by atoms with E-state index in [1.165, 1.54) is 4.57 Å². The van der Waals surface area contributed by atoms with Gasteiger partial charge in [-0.2, -0.15) is 0 Å². The van der Waals surface area contributed by atoms with Gasteiger partial charge in [-0.3, -0.25) is 4.57 Å². The van der Waals surface area contributed by atoms with Crippen LogP contribution in [-0.4, -0.2) is 19.8 Å². The number of aromatic amines is 1. The number of hydrogen-bond donors (Lipinski definition) is 3. The summed E-state index contributed by atoms with van der Waals surface area (Å²) in [6, 6.07) is 16.9. The number of rotatable bonds is 3. The smallest absolute Gasteiger partial charge is 0.202 e. The molecule has 0 amide bonds. The van der Waals surface area contributed by atoms with Gasteiger partial charge < -0.3 is 15.2 Å². The highest BCUT2D eigenvalue weighted by Crippen LogP contribution is 2.39. The van der Waals surface area contributed by atoms with Crippen LogP contribution in [-0.2, 0) is 6.54 Å². The molecule has 24 heavy (non-hydrogen) atoms. The van der Waals surface area contributed by atoms with Gasteiger partial charge >= 0.3 is 0 Å². The van der Waals surface area contributed by atoms with Crippen LogP contribution in [0.3, 0.4) is 0 Å². The topological polar surface area (TPSA) is 61.2 Å². The molecule has 3 N–H and O–H groups in total. The predicted octanol–water partition coefficient (Wildman–Crippen LogP) is 4.75. The second kappa shape index (κ2) is 5.65. The zero-order chi connectivity index (χ0) is 16.7. The number of benzene rings is 2. The molecule has 0 saturated carbocycles. The number of nitrogens with one attached hydrogen (secondary N) is 1. The fourth-order valence-electron chi connectivity index (χ4n) is 2.94. The van der Waals surface area contributed by atoms with Crippen LogP contribution in [0.25, 0.3) is 22.0 Å². The largest absolute Gasteiger partial charge is 0.494 e. The molecule has 5 heteroatoms. The summed E-state index contributed by atoms with van der Waals surface area (Å²) in [5.41, 5.74) is 3.15. The van der Waals surface area contributed by atoms with Crippen molar-refractivity contribution in [1.29, 1.82) is 0 Å². The van der Waals surface area contributed by atoms with Crippen molar-refractivity contribution < 1.29 is 10.2 Å². The Morgan fingerprint density at radius 2 is 1.79 bits per heavy atom. The van der Waals surface area contributed by atoms with Crippen LogP contribution < -0.4 is 0 Å². The molecule has 4 aromatic rings. The maximum Gasteiger partial charge on any atom is 0.202 e. The summed E-state index contributed by atoms with van der Waals surface area (Å²) in [4.78, 5) is 3.08. The van der Waals surface area contributed by atoms with E-state index in [-0.39, 0.29) is 11.8 Å². The number of halogens is 1. The highest BCUT2D eigenvalue weighted by molar-refractivity contribution is 6.35. The summed E-state index contributed by atoms with van der Waals surface area (Å²) in [6.45, 7) is 0.388. The number of aromatic hydroxyl groups is 2. The Kier molecular flexibility index (Phi) is 3.47. The number of nitrogens with zero attached hydrogens (tertiary/aromatic N) is 1. The van der Waals surface area contributed by atoms with Gasteiger partial charge in [0.1, 0.15) is 0 Å². The van der Waals surface area contributed by atoms with Crippen LogP contribution in [0.15, 0.2) is 60.8 Å². The van der Waals surface area contributed by atoms with E-state index in [0.29, 0.717) is 17.1 Å². The van der Waals surface area contributed by atoms with Crippen LogP contribution >= 0.6 is 11.6 Å². The first-order valence-corrected chi connectivity index (χ1v) is 7.93. The Bertz CT molecular complexity index is 1020. The van der Waals surface area contributed by atoms with Gasteiger partial charge in [0.2, 0.25) is 5.88 Å². The Balaban J connectivity index is 1.80. The molecule has 0 unspecified atom stereocenters. The number of hydrogen-bond acceptors (Lipinski definition) is 2. The van der Waals surface area contributed by atoms with Gasteiger partial charge in [0.05, 0.1) is 17.1 Å². The van der Waals surface area contributed by atoms with Crippen LogP contribution in [0, 0.1) is 0 Å². The molecular weight excluding hydrogens is 324 g/mol. The highest BCUT2D eigenvalue weighted by Gasteiger charge is 2.17. The molecule has 120 valence electrons. The Labute approximate surface area is 143 Å². The number of fused-ring (bicyclic) bond motifs is 1. The fraction of sp³-hybridized carbons (Fsp3) is 0.0526. The second-order valence-corrected chi connectivity index (χ2v) is 6.12. The summed E-state index contributed by atoms with van der Waals surface area (Å²) >= 11 is 6.30. The highest BCUT2D eigenvalue weighted by atomic mass is 35.5. The first-order valence-electron chi connectivity index (χ1n) is 7.56. The average Bonchev–Trinajstić information content (AvgIpc) is 3.16. The first kappa shape index (κ1) is 14.7. The lowest BCUT2D eigenvalue weighted by molar-refractivity contribution is 0.378. The molecular formula is C19H15ClN2O2. The lowest BCUT2D eigenvalue weighted by atomic mass is 10.1. The predicted molar refractivity (Wildman–Crippen MR) is 95.6 cm³/mol. The van der Waals surface area contributed by atoms with Crippen LogP contribution in [0.4, 0.5) is 0 Å². The van der Waals surface area contributed by atoms with Crippen molar-refractivity contribution in [2.24, 2.45) is 0 Å². The Morgan fingerprint density at radius 3 is 2.58 bits per heavy atom. The van der Waals surface area contributed by atoms with Crippen molar-refractivity contribution in [3.63, 3.8) is 0 Å². The van der Waals surface area contributed by atoms with Gasteiger partial charge in [-0.15, -0.1) is 0 Å². The molecule has 2 heterocycles. The van der Waals surface area contributed by atoms with Crippen LogP contribution in [0.2, 0.25) is 5.02 Å². The van der Waals surface area contributed by atoms with E-state index in [4.69, 9.17) is 11.6 Å². The first-order chi connectivity index (χ1) is 11.6. The third-order valence-electron chi connectivity index (χ3n) is 4.15. The van der Waals surface area contributed by atoms with E-state index in [1.54, 1.807) is 12.1 Å². The number of H-pyrrole nitrogens is 1. The van der Waals surface area contributed by atoms with E-state index < -0.39 is 0 Å². The summed E-state index contributed by atoms with van der Waals surface area (Å²) in [7, 11) is 0. The number of aromatic nitrogens is 2.